The first-order valence-corrected chi connectivity index (χ1v) is 11.7. The minimum atomic E-state index is 0.722. The van der Waals surface area contributed by atoms with Crippen molar-refractivity contribution in [1.82, 2.24) is 0 Å². The highest BCUT2D eigenvalue weighted by atomic mass is 16.5. The second-order valence-corrected chi connectivity index (χ2v) is 8.60. The molecule has 1 saturated carbocycles. The highest BCUT2D eigenvalue weighted by Gasteiger charge is 2.21. The van der Waals surface area contributed by atoms with E-state index >= 15 is 0 Å². The molecular weight excluding hydrogens is 352 g/mol. The van der Waals surface area contributed by atoms with E-state index in [-0.39, 0.29) is 0 Å². The zero-order chi connectivity index (χ0) is 20.3. The van der Waals surface area contributed by atoms with Crippen LogP contribution in [0.1, 0.15) is 82.3 Å². The van der Waals surface area contributed by atoms with Crippen molar-refractivity contribution in [2.45, 2.75) is 77.7 Å². The summed E-state index contributed by atoms with van der Waals surface area (Å²) in [5.41, 5.74) is 5.39. The van der Waals surface area contributed by atoms with Gasteiger partial charge in [-0.1, -0.05) is 80.4 Å². The summed E-state index contributed by atoms with van der Waals surface area (Å²) >= 11 is 0. The van der Waals surface area contributed by atoms with Gasteiger partial charge in [-0.3, -0.25) is 0 Å². The molecule has 3 rings (SSSR count). The molecule has 0 spiro atoms. The van der Waals surface area contributed by atoms with Crippen LogP contribution in [0.5, 0.6) is 0 Å². The Morgan fingerprint density at radius 3 is 2.14 bits per heavy atom. The normalized spacial score (nSPS) is 19.7. The molecule has 1 heteroatoms. The molecule has 156 valence electrons. The highest BCUT2D eigenvalue weighted by Crippen LogP contribution is 2.37. The third-order valence-corrected chi connectivity index (χ3v) is 6.38. The monoisotopic (exact) mass is 390 g/mol. The van der Waals surface area contributed by atoms with Gasteiger partial charge in [-0.2, -0.15) is 0 Å². The van der Waals surface area contributed by atoms with Crippen molar-refractivity contribution in [2.75, 3.05) is 6.61 Å². The first-order valence-electron chi connectivity index (χ1n) is 11.7. The lowest BCUT2D eigenvalue weighted by atomic mass is 9.77. The van der Waals surface area contributed by atoms with E-state index in [1.165, 1.54) is 73.6 Å². The average molecular weight is 391 g/mol. The van der Waals surface area contributed by atoms with Gasteiger partial charge in [0.1, 0.15) is 0 Å². The van der Waals surface area contributed by atoms with Gasteiger partial charge in [0, 0.05) is 6.61 Å². The summed E-state index contributed by atoms with van der Waals surface area (Å²) < 4.78 is 5.78. The topological polar surface area (TPSA) is 9.23 Å². The molecule has 2 aromatic carbocycles. The van der Waals surface area contributed by atoms with Crippen LogP contribution in [0.15, 0.2) is 60.7 Å². The molecule has 0 aromatic heterocycles. The van der Waals surface area contributed by atoms with E-state index in [9.17, 15) is 0 Å². The first kappa shape index (κ1) is 21.8. The van der Waals surface area contributed by atoms with Crippen molar-refractivity contribution in [2.24, 2.45) is 5.92 Å². The lowest BCUT2D eigenvalue weighted by molar-refractivity contribution is 0.117. The molecule has 1 aliphatic carbocycles. The maximum atomic E-state index is 5.78. The molecule has 0 bridgehead atoms. The maximum absolute atomic E-state index is 5.78. The fourth-order valence-corrected chi connectivity index (χ4v) is 4.45. The first-order chi connectivity index (χ1) is 14.3. The Kier molecular flexibility index (Phi) is 9.02. The van der Waals surface area contributed by atoms with Crippen LogP contribution in [-0.2, 0) is 11.3 Å². The van der Waals surface area contributed by atoms with E-state index in [4.69, 9.17) is 4.74 Å². The number of benzene rings is 2. The van der Waals surface area contributed by atoms with Crippen LogP contribution in [0.25, 0.3) is 11.1 Å². The summed E-state index contributed by atoms with van der Waals surface area (Å²) in [4.78, 5) is 0. The van der Waals surface area contributed by atoms with Crippen molar-refractivity contribution in [3.63, 3.8) is 0 Å². The van der Waals surface area contributed by atoms with Crippen LogP contribution in [-0.4, -0.2) is 6.61 Å². The molecule has 1 fully saturated rings. The van der Waals surface area contributed by atoms with Crippen molar-refractivity contribution < 1.29 is 4.74 Å². The third kappa shape index (κ3) is 6.85. The molecule has 0 N–H and O–H groups in total. The molecule has 0 aliphatic heterocycles. The van der Waals surface area contributed by atoms with Gasteiger partial charge in [-0.25, -0.2) is 0 Å². The van der Waals surface area contributed by atoms with Gasteiger partial charge in [0.2, 0.25) is 0 Å². The van der Waals surface area contributed by atoms with Gasteiger partial charge in [-0.05, 0) is 79.5 Å². The number of allylic oxidation sites excluding steroid dienone is 2. The van der Waals surface area contributed by atoms with Crippen molar-refractivity contribution in [3.8, 4) is 11.1 Å². The fraction of sp³-hybridized carbons (Fsp3) is 0.500. The molecule has 0 unspecified atom stereocenters. The predicted octanol–water partition coefficient (Wildman–Crippen LogP) is 8.30. The van der Waals surface area contributed by atoms with E-state index in [0.717, 1.165) is 25.0 Å². The molecule has 0 heterocycles. The summed E-state index contributed by atoms with van der Waals surface area (Å²) in [5.74, 6) is 1.65. The van der Waals surface area contributed by atoms with Gasteiger partial charge >= 0.3 is 0 Å². The third-order valence-electron chi connectivity index (χ3n) is 6.38. The minimum absolute atomic E-state index is 0.722. The fourth-order valence-electron chi connectivity index (χ4n) is 4.45. The van der Waals surface area contributed by atoms with E-state index in [2.05, 4.69) is 74.5 Å². The van der Waals surface area contributed by atoms with Crippen LogP contribution in [0.2, 0.25) is 0 Å². The summed E-state index contributed by atoms with van der Waals surface area (Å²) in [5, 5.41) is 0. The van der Waals surface area contributed by atoms with Crippen molar-refractivity contribution in [3.05, 3.63) is 71.8 Å². The Labute approximate surface area is 178 Å². The Morgan fingerprint density at radius 1 is 0.862 bits per heavy atom. The summed E-state index contributed by atoms with van der Waals surface area (Å²) in [6.45, 7) is 5.94. The maximum Gasteiger partial charge on any atom is 0.0716 e. The molecule has 1 aliphatic rings. The highest BCUT2D eigenvalue weighted by molar-refractivity contribution is 5.64. The molecule has 0 radical (unpaired) electrons. The SMILES string of the molecule is CC=CC[C@H]1CC[C@H](c2ccc(-c3ccc(COCCCCC)cc3)cc2)CC1. The Morgan fingerprint density at radius 2 is 1.52 bits per heavy atom. The van der Waals surface area contributed by atoms with Crippen molar-refractivity contribution in [1.29, 1.82) is 0 Å². The number of hydrogen-bond donors (Lipinski definition) is 0. The average Bonchev–Trinajstić information content (AvgIpc) is 2.78. The smallest absolute Gasteiger partial charge is 0.0716 e. The number of hydrogen-bond acceptors (Lipinski definition) is 1. The predicted molar refractivity (Wildman–Crippen MR) is 125 cm³/mol. The number of unbranched alkanes of at least 4 members (excludes halogenated alkanes) is 2. The zero-order valence-electron chi connectivity index (χ0n) is 18.4. The van der Waals surface area contributed by atoms with E-state index in [1.807, 2.05) is 0 Å². The second kappa shape index (κ2) is 12.0. The van der Waals surface area contributed by atoms with Crippen LogP contribution in [0.3, 0.4) is 0 Å². The molecule has 1 nitrogen and oxygen atoms in total. The molecule has 2 aromatic rings. The molecule has 0 atom stereocenters. The van der Waals surface area contributed by atoms with Gasteiger partial charge in [0.05, 0.1) is 6.61 Å². The standard InChI is InChI=1S/C28H38O/c1-3-5-7-21-29-22-24-11-15-26(16-12-24)28-19-17-27(18-20-28)25-13-9-23(10-14-25)8-6-4-2/h4,6,11-12,15-20,23,25H,3,5,7-10,13-14,21-22H2,1-2H3/t23-,25-. The van der Waals surface area contributed by atoms with Gasteiger partial charge < -0.3 is 4.74 Å². The minimum Gasteiger partial charge on any atom is -0.377 e. The van der Waals surface area contributed by atoms with Crippen LogP contribution in [0, 0.1) is 5.92 Å². The van der Waals surface area contributed by atoms with Gasteiger partial charge in [-0.15, -0.1) is 0 Å². The molecular formula is C28H38O. The Balaban J connectivity index is 1.50. The lowest BCUT2D eigenvalue weighted by Crippen LogP contribution is -2.12. The van der Waals surface area contributed by atoms with Crippen LogP contribution < -0.4 is 0 Å². The zero-order valence-corrected chi connectivity index (χ0v) is 18.4. The molecule has 0 saturated heterocycles. The lowest BCUT2D eigenvalue weighted by Gasteiger charge is -2.28. The summed E-state index contributed by atoms with van der Waals surface area (Å²) in [7, 11) is 0. The number of ether oxygens (including phenoxy) is 1. The van der Waals surface area contributed by atoms with Crippen LogP contribution in [0.4, 0.5) is 0 Å². The molecule has 29 heavy (non-hydrogen) atoms. The molecule has 0 amide bonds. The second-order valence-electron chi connectivity index (χ2n) is 8.60. The van der Waals surface area contributed by atoms with Gasteiger partial charge in [0.15, 0.2) is 0 Å². The van der Waals surface area contributed by atoms with Gasteiger partial charge in [0.25, 0.3) is 0 Å². The van der Waals surface area contributed by atoms with E-state index < -0.39 is 0 Å². The Hall–Kier alpha value is -1.86. The van der Waals surface area contributed by atoms with E-state index in [1.54, 1.807) is 0 Å². The van der Waals surface area contributed by atoms with Crippen LogP contribution >= 0.6 is 0 Å². The van der Waals surface area contributed by atoms with Crippen molar-refractivity contribution >= 4 is 0 Å². The quantitative estimate of drug-likeness (QED) is 0.293. The summed E-state index contributed by atoms with van der Waals surface area (Å²) in [6.07, 6.45) is 14.9. The number of rotatable bonds is 10. The summed E-state index contributed by atoms with van der Waals surface area (Å²) in [6, 6.07) is 18.2. The Bertz CT molecular complexity index is 718. The van der Waals surface area contributed by atoms with E-state index in [0.29, 0.717) is 0 Å². The largest absolute Gasteiger partial charge is 0.377 e.